The minimum atomic E-state index is -0.688. The van der Waals surface area contributed by atoms with Gasteiger partial charge in [0.25, 0.3) is 0 Å². The Labute approximate surface area is 195 Å². The van der Waals surface area contributed by atoms with E-state index in [0.29, 0.717) is 5.69 Å². The summed E-state index contributed by atoms with van der Waals surface area (Å²) in [5.41, 5.74) is 6.48. The Bertz CT molecular complexity index is 1090. The molecule has 2 unspecified atom stereocenters. The zero-order valence-electron chi connectivity index (χ0n) is 19.3. The predicted octanol–water partition coefficient (Wildman–Crippen LogP) is 5.89. The molecule has 1 aliphatic rings. The molecule has 0 aliphatic heterocycles. The lowest BCUT2D eigenvalue weighted by molar-refractivity contribution is -0.119. The molecule has 5 heteroatoms. The summed E-state index contributed by atoms with van der Waals surface area (Å²) in [4.78, 5) is 25.7. The van der Waals surface area contributed by atoms with Crippen molar-refractivity contribution in [3.8, 4) is 11.1 Å². The number of hydrogen-bond acceptors (Lipinski definition) is 3. The van der Waals surface area contributed by atoms with Crippen molar-refractivity contribution >= 4 is 17.7 Å². The highest BCUT2D eigenvalue weighted by Gasteiger charge is 2.30. The minimum absolute atomic E-state index is 0.0217. The fraction of sp³-hybridized carbons (Fsp3) is 0.286. The Morgan fingerprint density at radius 3 is 2.06 bits per heavy atom. The van der Waals surface area contributed by atoms with Crippen molar-refractivity contribution in [2.45, 2.75) is 39.2 Å². The van der Waals surface area contributed by atoms with Gasteiger partial charge in [-0.2, -0.15) is 0 Å². The lowest BCUT2D eigenvalue weighted by Gasteiger charge is -2.24. The quantitative estimate of drug-likeness (QED) is 0.480. The lowest BCUT2D eigenvalue weighted by Crippen LogP contribution is -2.48. The van der Waals surface area contributed by atoms with Gasteiger partial charge in [-0.3, -0.25) is 4.79 Å². The van der Waals surface area contributed by atoms with Crippen molar-refractivity contribution in [1.82, 2.24) is 5.32 Å². The molecule has 0 aromatic heterocycles. The van der Waals surface area contributed by atoms with Gasteiger partial charge >= 0.3 is 6.09 Å². The van der Waals surface area contributed by atoms with Crippen LogP contribution in [0.3, 0.4) is 0 Å². The summed E-state index contributed by atoms with van der Waals surface area (Å²) in [6.07, 6.45) is 0.163. The second kappa shape index (κ2) is 9.90. The third kappa shape index (κ3) is 4.92. The van der Waals surface area contributed by atoms with Crippen LogP contribution in [-0.4, -0.2) is 24.6 Å². The number of carbonyl (C=O) groups is 2. The van der Waals surface area contributed by atoms with Crippen LogP contribution >= 0.6 is 0 Å². The number of amides is 2. The summed E-state index contributed by atoms with van der Waals surface area (Å²) in [6, 6.07) is 23.3. The topological polar surface area (TPSA) is 67.4 Å². The van der Waals surface area contributed by atoms with Crippen LogP contribution in [-0.2, 0) is 9.53 Å². The first-order chi connectivity index (χ1) is 16.0. The zero-order valence-corrected chi connectivity index (χ0v) is 19.3. The Balaban J connectivity index is 1.43. The summed E-state index contributed by atoms with van der Waals surface area (Å²) in [5, 5.41) is 5.70. The molecule has 5 nitrogen and oxygen atoms in total. The van der Waals surface area contributed by atoms with Gasteiger partial charge in [0.15, 0.2) is 0 Å². The molecule has 0 bridgehead atoms. The van der Waals surface area contributed by atoms with Gasteiger partial charge in [0, 0.05) is 11.6 Å². The van der Waals surface area contributed by atoms with Gasteiger partial charge in [0.05, 0.1) is 0 Å². The smallest absolute Gasteiger partial charge is 0.407 e. The van der Waals surface area contributed by atoms with E-state index in [0.717, 1.165) is 23.1 Å². The van der Waals surface area contributed by atoms with E-state index in [1.165, 1.54) is 11.1 Å². The van der Waals surface area contributed by atoms with Gasteiger partial charge in [-0.25, -0.2) is 4.79 Å². The number of anilines is 1. The molecule has 0 heterocycles. The van der Waals surface area contributed by atoms with E-state index in [-0.39, 0.29) is 24.3 Å². The minimum Gasteiger partial charge on any atom is -0.449 e. The molecule has 33 heavy (non-hydrogen) atoms. The number of nitrogens with one attached hydrogen (secondary N) is 2. The average molecular weight is 443 g/mol. The molecular weight excluding hydrogens is 412 g/mol. The largest absolute Gasteiger partial charge is 0.449 e. The van der Waals surface area contributed by atoms with Crippen LogP contribution in [0.4, 0.5) is 10.5 Å². The molecule has 0 saturated carbocycles. The van der Waals surface area contributed by atoms with Crippen molar-refractivity contribution in [1.29, 1.82) is 0 Å². The first-order valence-corrected chi connectivity index (χ1v) is 11.5. The maximum Gasteiger partial charge on any atom is 0.407 e. The Kier molecular flexibility index (Phi) is 6.78. The fourth-order valence-corrected chi connectivity index (χ4v) is 4.33. The first kappa shape index (κ1) is 22.6. The first-order valence-electron chi connectivity index (χ1n) is 11.5. The molecule has 4 rings (SSSR count). The number of alkyl carbamates (subject to hydrolysis) is 1. The van der Waals surface area contributed by atoms with E-state index in [1.807, 2.05) is 69.3 Å². The van der Waals surface area contributed by atoms with Crippen molar-refractivity contribution in [2.75, 3.05) is 11.9 Å². The molecular formula is C28H30N2O3. The highest BCUT2D eigenvalue weighted by Crippen LogP contribution is 2.44. The second-order valence-electron chi connectivity index (χ2n) is 8.69. The van der Waals surface area contributed by atoms with E-state index in [2.05, 4.69) is 34.9 Å². The maximum absolute atomic E-state index is 12.9. The van der Waals surface area contributed by atoms with E-state index >= 15 is 0 Å². The van der Waals surface area contributed by atoms with Gasteiger partial charge in [0.2, 0.25) is 5.91 Å². The summed E-state index contributed by atoms with van der Waals surface area (Å²) in [7, 11) is 0. The van der Waals surface area contributed by atoms with Crippen molar-refractivity contribution < 1.29 is 14.3 Å². The molecule has 2 N–H and O–H groups in total. The molecule has 3 aromatic rings. The van der Waals surface area contributed by atoms with Crippen LogP contribution in [0.15, 0.2) is 72.8 Å². The van der Waals surface area contributed by atoms with E-state index in [4.69, 9.17) is 4.74 Å². The van der Waals surface area contributed by atoms with Crippen LogP contribution in [0.25, 0.3) is 11.1 Å². The Hall–Kier alpha value is -3.60. The van der Waals surface area contributed by atoms with E-state index in [9.17, 15) is 9.59 Å². The number of benzene rings is 3. The van der Waals surface area contributed by atoms with Crippen molar-refractivity contribution in [3.05, 3.63) is 89.5 Å². The third-order valence-electron chi connectivity index (χ3n) is 6.43. The van der Waals surface area contributed by atoms with Gasteiger partial charge in [-0.05, 0) is 47.2 Å². The molecule has 1 aliphatic carbocycles. The number of fused-ring (bicyclic) bond motifs is 3. The molecule has 2 amide bonds. The van der Waals surface area contributed by atoms with Gasteiger partial charge < -0.3 is 15.4 Å². The SMILES string of the molecule is CCC(C)C(NC(=O)OCC1c2ccccc2-c2ccccc21)C(=O)Nc1ccc(C)cc1. The fourth-order valence-electron chi connectivity index (χ4n) is 4.33. The molecule has 0 spiro atoms. The molecule has 170 valence electrons. The summed E-state index contributed by atoms with van der Waals surface area (Å²) >= 11 is 0. The number of rotatable bonds is 7. The van der Waals surface area contributed by atoms with Gasteiger partial charge in [0.1, 0.15) is 12.6 Å². The highest BCUT2D eigenvalue weighted by atomic mass is 16.5. The summed E-state index contributed by atoms with van der Waals surface area (Å²) in [5.74, 6) is -0.316. The summed E-state index contributed by atoms with van der Waals surface area (Å²) < 4.78 is 5.65. The van der Waals surface area contributed by atoms with E-state index < -0.39 is 12.1 Å². The second-order valence-corrected chi connectivity index (χ2v) is 8.69. The van der Waals surface area contributed by atoms with Crippen LogP contribution < -0.4 is 10.6 Å². The maximum atomic E-state index is 12.9. The van der Waals surface area contributed by atoms with Crippen molar-refractivity contribution in [3.63, 3.8) is 0 Å². The molecule has 0 saturated heterocycles. The van der Waals surface area contributed by atoms with Crippen LogP contribution in [0, 0.1) is 12.8 Å². The molecule has 3 aromatic carbocycles. The van der Waals surface area contributed by atoms with Crippen LogP contribution in [0.5, 0.6) is 0 Å². The Morgan fingerprint density at radius 1 is 0.909 bits per heavy atom. The number of aryl methyl sites for hydroxylation is 1. The normalized spacial score (nSPS) is 14.0. The van der Waals surface area contributed by atoms with Gasteiger partial charge in [-0.15, -0.1) is 0 Å². The average Bonchev–Trinajstić information content (AvgIpc) is 3.16. The lowest BCUT2D eigenvalue weighted by atomic mass is 9.98. The van der Waals surface area contributed by atoms with Crippen LogP contribution in [0.1, 0.15) is 42.9 Å². The predicted molar refractivity (Wildman–Crippen MR) is 131 cm³/mol. The van der Waals surface area contributed by atoms with Crippen molar-refractivity contribution in [2.24, 2.45) is 5.92 Å². The number of hydrogen-bond donors (Lipinski definition) is 2. The standard InChI is InChI=1S/C28H30N2O3/c1-4-19(3)26(27(31)29-20-15-13-18(2)14-16-20)30-28(32)33-17-25-23-11-7-5-9-21(23)22-10-6-8-12-24(22)25/h5-16,19,25-26H,4,17H2,1-3H3,(H,29,31)(H,30,32). The number of carbonyl (C=O) groups excluding carboxylic acids is 2. The number of ether oxygens (including phenoxy) is 1. The van der Waals surface area contributed by atoms with E-state index in [1.54, 1.807) is 0 Å². The molecule has 2 atom stereocenters. The van der Waals surface area contributed by atoms with Crippen LogP contribution in [0.2, 0.25) is 0 Å². The molecule has 0 fully saturated rings. The Morgan fingerprint density at radius 2 is 1.48 bits per heavy atom. The zero-order chi connectivity index (χ0) is 23.4. The molecule has 0 radical (unpaired) electrons. The summed E-state index contributed by atoms with van der Waals surface area (Å²) in [6.45, 7) is 6.15. The third-order valence-corrected chi connectivity index (χ3v) is 6.43. The highest BCUT2D eigenvalue weighted by molar-refractivity contribution is 5.96. The monoisotopic (exact) mass is 442 g/mol. The van der Waals surface area contributed by atoms with Gasteiger partial charge in [-0.1, -0.05) is 86.5 Å².